The van der Waals surface area contributed by atoms with E-state index in [1.165, 1.54) is 12.8 Å². The Balaban J connectivity index is 2.04. The van der Waals surface area contributed by atoms with Gasteiger partial charge in [0.2, 0.25) is 0 Å². The summed E-state index contributed by atoms with van der Waals surface area (Å²) < 4.78 is 5.85. The molecule has 1 aliphatic carbocycles. The van der Waals surface area contributed by atoms with Crippen LogP contribution in [0.2, 0.25) is 0 Å². The molecule has 1 aromatic rings. The van der Waals surface area contributed by atoms with Crippen molar-refractivity contribution in [3.8, 4) is 5.75 Å². The molecule has 0 aliphatic heterocycles. The van der Waals surface area contributed by atoms with E-state index >= 15 is 0 Å². The summed E-state index contributed by atoms with van der Waals surface area (Å²) in [7, 11) is 0. The quantitative estimate of drug-likeness (QED) is 0.633. The second kappa shape index (κ2) is 4.86. The number of alkyl halides is 1. The lowest BCUT2D eigenvalue weighted by Gasteiger charge is -2.14. The molecule has 0 aromatic heterocycles. The molecule has 2 nitrogen and oxygen atoms in total. The fourth-order valence-corrected chi connectivity index (χ4v) is 2.09. The number of hydrogen-bond acceptors (Lipinski definition) is 2. The summed E-state index contributed by atoms with van der Waals surface area (Å²) in [5.74, 6) is 0.885. The van der Waals surface area contributed by atoms with Crippen LogP contribution in [0.25, 0.3) is 0 Å². The second-order valence-electron chi connectivity index (χ2n) is 4.00. The zero-order valence-corrected chi connectivity index (χ0v) is 9.41. The van der Waals surface area contributed by atoms with Crippen LogP contribution in [-0.4, -0.2) is 6.10 Å². The maximum Gasteiger partial charge on any atom is 0.120 e. The van der Waals surface area contributed by atoms with Crippen molar-refractivity contribution in [2.24, 2.45) is 5.73 Å². The minimum atomic E-state index is -0.447. The molecule has 1 unspecified atom stereocenters. The van der Waals surface area contributed by atoms with Crippen molar-refractivity contribution >= 4 is 11.6 Å². The van der Waals surface area contributed by atoms with Crippen molar-refractivity contribution in [1.82, 2.24) is 0 Å². The summed E-state index contributed by atoms with van der Waals surface area (Å²) in [5.41, 5.74) is 6.06. The number of halogens is 1. The van der Waals surface area contributed by atoms with E-state index in [1.807, 2.05) is 24.3 Å². The number of ether oxygens (including phenoxy) is 1. The smallest absolute Gasteiger partial charge is 0.120 e. The van der Waals surface area contributed by atoms with E-state index in [1.54, 1.807) is 0 Å². The summed E-state index contributed by atoms with van der Waals surface area (Å²) in [6, 6.07) is 7.73. The standard InChI is InChI=1S/C12H16ClNO/c13-12(14)9-4-3-7-11(8-9)15-10-5-1-2-6-10/h3-4,7-8,10,12H,1-2,5-6,14H2. The minimum absolute atomic E-state index is 0.381. The van der Waals surface area contributed by atoms with Crippen LogP contribution in [-0.2, 0) is 0 Å². The molecule has 2 rings (SSSR count). The van der Waals surface area contributed by atoms with Gasteiger partial charge in [0.05, 0.1) is 6.10 Å². The van der Waals surface area contributed by atoms with E-state index in [2.05, 4.69) is 0 Å². The molecule has 2 N–H and O–H groups in total. The van der Waals surface area contributed by atoms with Gasteiger partial charge < -0.3 is 10.5 Å². The lowest BCUT2D eigenvalue weighted by molar-refractivity contribution is 0.210. The van der Waals surface area contributed by atoms with Crippen molar-refractivity contribution in [1.29, 1.82) is 0 Å². The second-order valence-corrected chi connectivity index (χ2v) is 4.47. The van der Waals surface area contributed by atoms with Crippen LogP contribution in [0.3, 0.4) is 0 Å². The zero-order chi connectivity index (χ0) is 10.7. The Bertz CT molecular complexity index is 321. The number of rotatable bonds is 3. The Hall–Kier alpha value is -0.730. The topological polar surface area (TPSA) is 35.2 Å². The first-order chi connectivity index (χ1) is 7.25. The first-order valence-electron chi connectivity index (χ1n) is 5.42. The molecule has 0 spiro atoms. The lowest BCUT2D eigenvalue weighted by Crippen LogP contribution is -2.11. The largest absolute Gasteiger partial charge is 0.490 e. The molecule has 3 heteroatoms. The highest BCUT2D eigenvalue weighted by molar-refractivity contribution is 6.20. The fourth-order valence-electron chi connectivity index (χ4n) is 1.96. The molecule has 15 heavy (non-hydrogen) atoms. The monoisotopic (exact) mass is 225 g/mol. The van der Waals surface area contributed by atoms with Gasteiger partial charge in [-0.05, 0) is 43.4 Å². The molecule has 1 atom stereocenters. The van der Waals surface area contributed by atoms with Gasteiger partial charge in [0.15, 0.2) is 0 Å². The Morgan fingerprint density at radius 3 is 2.73 bits per heavy atom. The molecule has 0 heterocycles. The Morgan fingerprint density at radius 1 is 1.33 bits per heavy atom. The maximum absolute atomic E-state index is 5.85. The molecule has 1 aromatic carbocycles. The highest BCUT2D eigenvalue weighted by Gasteiger charge is 2.16. The van der Waals surface area contributed by atoms with Crippen LogP contribution >= 0.6 is 11.6 Å². The van der Waals surface area contributed by atoms with Crippen molar-refractivity contribution in [3.05, 3.63) is 29.8 Å². The van der Waals surface area contributed by atoms with E-state index in [0.717, 1.165) is 24.2 Å². The number of nitrogens with two attached hydrogens (primary N) is 1. The lowest BCUT2D eigenvalue weighted by atomic mass is 10.2. The third kappa shape index (κ3) is 2.86. The average Bonchev–Trinajstić information content (AvgIpc) is 2.71. The Kier molecular flexibility index (Phi) is 3.49. The van der Waals surface area contributed by atoms with E-state index in [9.17, 15) is 0 Å². The molecule has 0 radical (unpaired) electrons. The molecular formula is C12H16ClNO. The molecular weight excluding hydrogens is 210 g/mol. The minimum Gasteiger partial charge on any atom is -0.490 e. The van der Waals surface area contributed by atoms with Gasteiger partial charge in [-0.3, -0.25) is 0 Å². The summed E-state index contributed by atoms with van der Waals surface area (Å²) in [5, 5.41) is 0. The molecule has 0 bridgehead atoms. The summed E-state index contributed by atoms with van der Waals surface area (Å²) >= 11 is 5.81. The van der Waals surface area contributed by atoms with Crippen molar-refractivity contribution in [2.45, 2.75) is 37.3 Å². The van der Waals surface area contributed by atoms with E-state index < -0.39 is 5.50 Å². The Morgan fingerprint density at radius 2 is 2.07 bits per heavy atom. The molecule has 0 amide bonds. The van der Waals surface area contributed by atoms with Gasteiger partial charge in [-0.15, -0.1) is 11.6 Å². The third-order valence-electron chi connectivity index (χ3n) is 2.78. The first kappa shape index (κ1) is 10.8. The van der Waals surface area contributed by atoms with Crippen LogP contribution in [0.15, 0.2) is 24.3 Å². The normalized spacial score (nSPS) is 19.1. The molecule has 0 saturated heterocycles. The highest BCUT2D eigenvalue weighted by atomic mass is 35.5. The maximum atomic E-state index is 5.85. The molecule has 82 valence electrons. The number of benzene rings is 1. The van der Waals surface area contributed by atoms with Crippen molar-refractivity contribution < 1.29 is 4.74 Å². The molecule has 1 saturated carbocycles. The SMILES string of the molecule is NC(Cl)c1cccc(OC2CCCC2)c1. The average molecular weight is 226 g/mol. The van der Waals surface area contributed by atoms with Gasteiger partial charge >= 0.3 is 0 Å². The number of hydrogen-bond donors (Lipinski definition) is 1. The Labute approximate surface area is 95.4 Å². The summed E-state index contributed by atoms with van der Waals surface area (Å²) in [6.07, 6.45) is 5.26. The van der Waals surface area contributed by atoms with Crippen LogP contribution in [0.5, 0.6) is 5.75 Å². The van der Waals surface area contributed by atoms with Crippen LogP contribution < -0.4 is 10.5 Å². The zero-order valence-electron chi connectivity index (χ0n) is 8.66. The van der Waals surface area contributed by atoms with Crippen molar-refractivity contribution in [2.75, 3.05) is 0 Å². The first-order valence-corrected chi connectivity index (χ1v) is 5.85. The molecule has 1 fully saturated rings. The van der Waals surface area contributed by atoms with Crippen molar-refractivity contribution in [3.63, 3.8) is 0 Å². The van der Waals surface area contributed by atoms with Gasteiger partial charge in [0, 0.05) is 0 Å². The van der Waals surface area contributed by atoms with Gasteiger partial charge in [0.1, 0.15) is 11.3 Å². The highest BCUT2D eigenvalue weighted by Crippen LogP contribution is 2.26. The van der Waals surface area contributed by atoms with Gasteiger partial charge in [0.25, 0.3) is 0 Å². The van der Waals surface area contributed by atoms with Crippen LogP contribution in [0.1, 0.15) is 36.7 Å². The molecule has 1 aliphatic rings. The van der Waals surface area contributed by atoms with Gasteiger partial charge in [-0.2, -0.15) is 0 Å². The predicted molar refractivity (Wildman–Crippen MR) is 62.1 cm³/mol. The van der Waals surface area contributed by atoms with E-state index in [0.29, 0.717) is 6.10 Å². The van der Waals surface area contributed by atoms with E-state index in [-0.39, 0.29) is 0 Å². The third-order valence-corrected chi connectivity index (χ3v) is 3.03. The van der Waals surface area contributed by atoms with Gasteiger partial charge in [-0.1, -0.05) is 12.1 Å². The van der Waals surface area contributed by atoms with E-state index in [4.69, 9.17) is 22.1 Å². The fraction of sp³-hybridized carbons (Fsp3) is 0.500. The van der Waals surface area contributed by atoms with Gasteiger partial charge in [-0.25, -0.2) is 0 Å². The van der Waals surface area contributed by atoms with Crippen LogP contribution in [0.4, 0.5) is 0 Å². The summed E-state index contributed by atoms with van der Waals surface area (Å²) in [6.45, 7) is 0. The van der Waals surface area contributed by atoms with Crippen LogP contribution in [0, 0.1) is 0 Å². The predicted octanol–water partition coefficient (Wildman–Crippen LogP) is 3.20. The summed E-state index contributed by atoms with van der Waals surface area (Å²) in [4.78, 5) is 0.